The Balaban J connectivity index is 0.000000291. The smallest absolute Gasteiger partial charge is 0.00464 e. The largest absolute Gasteiger partial charge is 0.317 e. The molecule has 9 heavy (non-hydrogen) atoms. The zero-order chi connectivity index (χ0) is 7.11. The molecule has 1 aliphatic heterocycles. The van der Waals surface area contributed by atoms with Gasteiger partial charge in [-0.3, -0.25) is 0 Å². The van der Waals surface area contributed by atoms with Crippen molar-refractivity contribution in [1.82, 2.24) is 5.32 Å². The van der Waals surface area contributed by atoms with Crippen LogP contribution in [0.2, 0.25) is 0 Å². The van der Waals surface area contributed by atoms with Crippen LogP contribution < -0.4 is 5.32 Å². The fourth-order valence-corrected chi connectivity index (χ4v) is 0.966. The van der Waals surface area contributed by atoms with E-state index >= 15 is 0 Å². The summed E-state index contributed by atoms with van der Waals surface area (Å²) >= 11 is 0. The van der Waals surface area contributed by atoms with Crippen molar-refractivity contribution in [3.05, 3.63) is 13.2 Å². The average Bonchev–Trinajstić information content (AvgIpc) is 1.94. The van der Waals surface area contributed by atoms with E-state index in [0.717, 1.165) is 5.92 Å². The third-order valence-electron chi connectivity index (χ3n) is 1.63. The van der Waals surface area contributed by atoms with E-state index in [1.165, 1.54) is 25.9 Å². The van der Waals surface area contributed by atoms with Crippen molar-refractivity contribution in [3.63, 3.8) is 0 Å². The van der Waals surface area contributed by atoms with Gasteiger partial charge in [-0.2, -0.15) is 0 Å². The highest BCUT2D eigenvalue weighted by Gasteiger charge is 2.04. The summed E-state index contributed by atoms with van der Waals surface area (Å²) in [6.07, 6.45) is 2.75. The SMILES string of the molecule is C=C.CC1CCNCC1. The maximum absolute atomic E-state index is 3.32. The molecule has 0 radical (unpaired) electrons. The van der Waals surface area contributed by atoms with E-state index in [2.05, 4.69) is 25.4 Å². The van der Waals surface area contributed by atoms with Crippen LogP contribution >= 0.6 is 0 Å². The van der Waals surface area contributed by atoms with Gasteiger partial charge in [0, 0.05) is 0 Å². The Hall–Kier alpha value is -0.300. The lowest BCUT2D eigenvalue weighted by Gasteiger charge is -2.17. The normalized spacial score (nSPS) is 20.1. The lowest BCUT2D eigenvalue weighted by Crippen LogP contribution is -2.26. The molecule has 1 N–H and O–H groups in total. The Morgan fingerprint density at radius 3 is 1.89 bits per heavy atom. The Morgan fingerprint density at radius 2 is 1.67 bits per heavy atom. The van der Waals surface area contributed by atoms with Gasteiger partial charge in [0.05, 0.1) is 0 Å². The first-order chi connectivity index (χ1) is 4.39. The predicted octanol–water partition coefficient (Wildman–Crippen LogP) is 1.81. The van der Waals surface area contributed by atoms with Crippen molar-refractivity contribution < 1.29 is 0 Å². The molecule has 1 heterocycles. The van der Waals surface area contributed by atoms with Gasteiger partial charge in [-0.1, -0.05) is 6.92 Å². The zero-order valence-corrected chi connectivity index (χ0v) is 6.32. The summed E-state index contributed by atoms with van der Waals surface area (Å²) in [4.78, 5) is 0. The second-order valence-corrected chi connectivity index (χ2v) is 2.43. The molecule has 0 spiro atoms. The van der Waals surface area contributed by atoms with Gasteiger partial charge < -0.3 is 5.32 Å². The Kier molecular flexibility index (Phi) is 5.64. The van der Waals surface area contributed by atoms with Crippen molar-refractivity contribution in [2.24, 2.45) is 5.92 Å². The van der Waals surface area contributed by atoms with E-state index in [0.29, 0.717) is 0 Å². The molecule has 54 valence electrons. The number of nitrogens with one attached hydrogen (secondary N) is 1. The standard InChI is InChI=1S/C6H13N.C2H4/c1-6-2-4-7-5-3-6;1-2/h6-7H,2-5H2,1H3;1-2H2. The fraction of sp³-hybridized carbons (Fsp3) is 0.750. The Labute approximate surface area is 58.2 Å². The molecule has 0 bridgehead atoms. The number of piperidine rings is 1. The summed E-state index contributed by atoms with van der Waals surface area (Å²) in [6.45, 7) is 10.8. The van der Waals surface area contributed by atoms with E-state index < -0.39 is 0 Å². The van der Waals surface area contributed by atoms with Crippen molar-refractivity contribution >= 4 is 0 Å². The minimum atomic E-state index is 0.973. The van der Waals surface area contributed by atoms with E-state index in [1.54, 1.807) is 0 Å². The summed E-state index contributed by atoms with van der Waals surface area (Å²) in [5.41, 5.74) is 0. The second-order valence-electron chi connectivity index (χ2n) is 2.43. The molecule has 0 aliphatic carbocycles. The van der Waals surface area contributed by atoms with Crippen LogP contribution in [0.25, 0.3) is 0 Å². The lowest BCUT2D eigenvalue weighted by molar-refractivity contribution is 0.402. The van der Waals surface area contributed by atoms with Gasteiger partial charge in [-0.15, -0.1) is 13.2 Å². The van der Waals surface area contributed by atoms with Crippen LogP contribution in [0.3, 0.4) is 0 Å². The van der Waals surface area contributed by atoms with Gasteiger partial charge in [0.1, 0.15) is 0 Å². The molecule has 0 saturated carbocycles. The summed E-state index contributed by atoms with van der Waals surface area (Å²) in [5.74, 6) is 0.973. The maximum atomic E-state index is 3.32. The highest BCUT2D eigenvalue weighted by molar-refractivity contribution is 4.62. The van der Waals surface area contributed by atoms with Crippen LogP contribution in [0.4, 0.5) is 0 Å². The monoisotopic (exact) mass is 127 g/mol. The molecule has 1 saturated heterocycles. The summed E-state index contributed by atoms with van der Waals surface area (Å²) in [5, 5.41) is 3.32. The molecule has 0 atom stereocenters. The minimum absolute atomic E-state index is 0.973. The van der Waals surface area contributed by atoms with E-state index in [-0.39, 0.29) is 0 Å². The summed E-state index contributed by atoms with van der Waals surface area (Å²) in [6, 6.07) is 0. The molecule has 0 aromatic carbocycles. The highest BCUT2D eigenvalue weighted by atomic mass is 14.9. The molecular weight excluding hydrogens is 110 g/mol. The first kappa shape index (κ1) is 8.70. The minimum Gasteiger partial charge on any atom is -0.317 e. The van der Waals surface area contributed by atoms with Gasteiger partial charge >= 0.3 is 0 Å². The Morgan fingerprint density at radius 1 is 1.22 bits per heavy atom. The van der Waals surface area contributed by atoms with Crippen molar-refractivity contribution in [1.29, 1.82) is 0 Å². The number of rotatable bonds is 0. The quantitative estimate of drug-likeness (QED) is 0.489. The number of hydrogen-bond donors (Lipinski definition) is 1. The molecule has 1 heteroatoms. The summed E-state index contributed by atoms with van der Waals surface area (Å²) < 4.78 is 0. The van der Waals surface area contributed by atoms with Gasteiger partial charge in [0.15, 0.2) is 0 Å². The average molecular weight is 127 g/mol. The predicted molar refractivity (Wildman–Crippen MR) is 42.5 cm³/mol. The van der Waals surface area contributed by atoms with Gasteiger partial charge in [0.2, 0.25) is 0 Å². The number of hydrogen-bond acceptors (Lipinski definition) is 1. The molecule has 0 aromatic heterocycles. The molecular formula is C8H17N. The first-order valence-corrected chi connectivity index (χ1v) is 3.60. The topological polar surface area (TPSA) is 12.0 Å². The Bertz CT molecular complexity index is 55.6. The molecule has 1 aliphatic rings. The van der Waals surface area contributed by atoms with Crippen LogP contribution in [-0.4, -0.2) is 13.1 Å². The van der Waals surface area contributed by atoms with Crippen molar-refractivity contribution in [2.45, 2.75) is 19.8 Å². The van der Waals surface area contributed by atoms with Crippen LogP contribution in [0.1, 0.15) is 19.8 Å². The van der Waals surface area contributed by atoms with Gasteiger partial charge in [-0.05, 0) is 31.8 Å². The zero-order valence-electron chi connectivity index (χ0n) is 6.32. The molecule has 1 fully saturated rings. The van der Waals surface area contributed by atoms with Crippen LogP contribution in [0, 0.1) is 5.92 Å². The van der Waals surface area contributed by atoms with Crippen LogP contribution in [0.15, 0.2) is 13.2 Å². The van der Waals surface area contributed by atoms with Crippen LogP contribution in [0.5, 0.6) is 0 Å². The first-order valence-electron chi connectivity index (χ1n) is 3.60. The molecule has 1 rings (SSSR count). The maximum Gasteiger partial charge on any atom is -0.00464 e. The van der Waals surface area contributed by atoms with Crippen molar-refractivity contribution in [2.75, 3.05) is 13.1 Å². The van der Waals surface area contributed by atoms with Gasteiger partial charge in [0.25, 0.3) is 0 Å². The fourth-order valence-electron chi connectivity index (χ4n) is 0.966. The second kappa shape index (κ2) is 5.83. The molecule has 0 aromatic rings. The third-order valence-corrected chi connectivity index (χ3v) is 1.63. The summed E-state index contributed by atoms with van der Waals surface area (Å²) in [7, 11) is 0. The highest BCUT2D eigenvalue weighted by Crippen LogP contribution is 2.08. The van der Waals surface area contributed by atoms with Gasteiger partial charge in [-0.25, -0.2) is 0 Å². The van der Waals surface area contributed by atoms with Crippen molar-refractivity contribution in [3.8, 4) is 0 Å². The molecule has 0 unspecified atom stereocenters. The lowest BCUT2D eigenvalue weighted by atomic mass is 10.0. The van der Waals surface area contributed by atoms with E-state index in [1.807, 2.05) is 0 Å². The van der Waals surface area contributed by atoms with E-state index in [4.69, 9.17) is 0 Å². The molecule has 1 nitrogen and oxygen atoms in total. The van der Waals surface area contributed by atoms with E-state index in [9.17, 15) is 0 Å². The van der Waals surface area contributed by atoms with Crippen LogP contribution in [-0.2, 0) is 0 Å². The third kappa shape index (κ3) is 4.22. The molecule has 0 amide bonds.